The molecule has 2 saturated carbocycles. The van der Waals surface area contributed by atoms with Gasteiger partial charge in [0.1, 0.15) is 12.4 Å². The van der Waals surface area contributed by atoms with Gasteiger partial charge in [-0.25, -0.2) is 5.43 Å². The van der Waals surface area contributed by atoms with Crippen molar-refractivity contribution in [2.45, 2.75) is 39.2 Å². The molecule has 2 fully saturated rings. The maximum absolute atomic E-state index is 12.5. The highest BCUT2D eigenvalue weighted by Crippen LogP contribution is 2.66. The number of rotatable bonds is 7. The van der Waals surface area contributed by atoms with Crippen molar-refractivity contribution in [3.05, 3.63) is 64.8 Å². The van der Waals surface area contributed by atoms with Gasteiger partial charge < -0.3 is 4.74 Å². The fraction of sp³-hybridized carbons (Fsp3) is 0.391. The summed E-state index contributed by atoms with van der Waals surface area (Å²) in [6, 6.07) is 10.2. The van der Waals surface area contributed by atoms with Crippen LogP contribution in [0, 0.1) is 34.5 Å². The molecule has 0 radical (unpaired) electrons. The summed E-state index contributed by atoms with van der Waals surface area (Å²) in [5.74, 6) is 1.39. The number of nitro benzene ring substituents is 1. The zero-order valence-corrected chi connectivity index (χ0v) is 21.8. The molecule has 0 heterocycles. The Morgan fingerprint density at radius 2 is 1.97 bits per heavy atom. The topological polar surface area (TPSA) is 93.8 Å². The summed E-state index contributed by atoms with van der Waals surface area (Å²) in [6.45, 7) is 2.54. The van der Waals surface area contributed by atoms with Crippen LogP contribution in [0.5, 0.6) is 5.75 Å². The molecule has 168 valence electrons. The van der Waals surface area contributed by atoms with E-state index >= 15 is 0 Å². The summed E-state index contributed by atoms with van der Waals surface area (Å²) in [4.78, 5) is 22.9. The lowest BCUT2D eigenvalue weighted by molar-refractivity contribution is -0.384. The number of ether oxygens (including phenoxy) is 1. The highest BCUT2D eigenvalue weighted by Gasteiger charge is 2.64. The molecule has 4 rings (SSSR count). The minimum absolute atomic E-state index is 0.0306. The van der Waals surface area contributed by atoms with Gasteiger partial charge in [-0.2, -0.15) is 5.10 Å². The van der Waals surface area contributed by atoms with Crippen molar-refractivity contribution < 1.29 is 14.5 Å². The monoisotopic (exact) mass is 659 g/mol. The van der Waals surface area contributed by atoms with Crippen LogP contribution in [-0.2, 0) is 11.4 Å². The molecule has 1 amide bonds. The highest BCUT2D eigenvalue weighted by atomic mass is 127. The summed E-state index contributed by atoms with van der Waals surface area (Å²) in [5, 5.41) is 15.0. The van der Waals surface area contributed by atoms with E-state index in [1.54, 1.807) is 18.3 Å². The number of hydrogen-bond donors (Lipinski definition) is 1. The van der Waals surface area contributed by atoms with E-state index in [1.807, 2.05) is 12.1 Å². The molecule has 2 aliphatic rings. The number of carbonyl (C=O) groups excluding carboxylic acids is 1. The second-order valence-corrected chi connectivity index (χ2v) is 10.9. The van der Waals surface area contributed by atoms with Gasteiger partial charge in [0.2, 0.25) is 5.91 Å². The molecule has 0 unspecified atom stereocenters. The van der Waals surface area contributed by atoms with Gasteiger partial charge in [-0.1, -0.05) is 19.8 Å². The van der Waals surface area contributed by atoms with Crippen LogP contribution in [0.4, 0.5) is 5.69 Å². The van der Waals surface area contributed by atoms with Crippen molar-refractivity contribution in [3.63, 3.8) is 0 Å². The third kappa shape index (κ3) is 4.92. The molecule has 0 spiro atoms. The average Bonchev–Trinajstić information content (AvgIpc) is 3.39. The number of hydrogen-bond acceptors (Lipinski definition) is 5. The Hall–Kier alpha value is -1.76. The molecule has 3 atom stereocenters. The number of non-ortho nitro benzene ring substituents is 1. The van der Waals surface area contributed by atoms with Gasteiger partial charge in [0.25, 0.3) is 5.69 Å². The van der Waals surface area contributed by atoms with Crippen LogP contribution in [0.25, 0.3) is 0 Å². The lowest BCUT2D eigenvalue weighted by Crippen LogP contribution is -2.22. The molecule has 32 heavy (non-hydrogen) atoms. The van der Waals surface area contributed by atoms with Crippen molar-refractivity contribution in [3.8, 4) is 5.75 Å². The van der Waals surface area contributed by atoms with E-state index < -0.39 is 4.92 Å². The van der Waals surface area contributed by atoms with Crippen LogP contribution >= 0.6 is 45.2 Å². The van der Waals surface area contributed by atoms with E-state index in [1.165, 1.54) is 25.0 Å². The number of amides is 1. The Balaban J connectivity index is 1.35. The fourth-order valence-electron chi connectivity index (χ4n) is 4.75. The van der Waals surface area contributed by atoms with Gasteiger partial charge in [0.15, 0.2) is 0 Å². The smallest absolute Gasteiger partial charge is 0.269 e. The molecule has 0 aromatic heterocycles. The second-order valence-electron chi connectivity index (χ2n) is 8.60. The molecule has 2 aromatic rings. The van der Waals surface area contributed by atoms with Crippen LogP contribution in [-0.4, -0.2) is 17.0 Å². The SMILES string of the molecule is C[C@]12CCCC[C@@H]1[C@@H]2C(=O)N/N=C\c1cc(I)c(OCc2ccc([N+](=O)[O-])cc2)c(I)c1. The molecule has 9 heteroatoms. The van der Waals surface area contributed by atoms with Crippen LogP contribution in [0.1, 0.15) is 43.7 Å². The minimum atomic E-state index is -0.419. The van der Waals surface area contributed by atoms with Crippen molar-refractivity contribution >= 4 is 63.0 Å². The molecule has 2 aliphatic carbocycles. The van der Waals surface area contributed by atoms with E-state index in [-0.39, 0.29) is 22.9 Å². The number of fused-ring (bicyclic) bond motifs is 1. The summed E-state index contributed by atoms with van der Waals surface area (Å²) in [6.07, 6.45) is 6.39. The van der Waals surface area contributed by atoms with Crippen LogP contribution < -0.4 is 10.2 Å². The number of carbonyl (C=O) groups is 1. The Bertz CT molecular complexity index is 1050. The molecular formula is C23H23I2N3O4. The summed E-state index contributed by atoms with van der Waals surface area (Å²) < 4.78 is 7.80. The molecule has 2 aromatic carbocycles. The van der Waals surface area contributed by atoms with Crippen molar-refractivity contribution in [1.82, 2.24) is 5.43 Å². The van der Waals surface area contributed by atoms with Crippen molar-refractivity contribution in [2.75, 3.05) is 0 Å². The zero-order chi connectivity index (χ0) is 22.9. The molecule has 1 N–H and O–H groups in total. The maximum Gasteiger partial charge on any atom is 0.269 e. The van der Waals surface area contributed by atoms with Gasteiger partial charge in [0.05, 0.1) is 18.3 Å². The Morgan fingerprint density at radius 3 is 2.56 bits per heavy atom. The van der Waals surface area contributed by atoms with Crippen LogP contribution in [0.2, 0.25) is 0 Å². The predicted octanol–water partition coefficient (Wildman–Crippen LogP) is 5.66. The Kier molecular flexibility index (Phi) is 7.03. The first-order chi connectivity index (χ1) is 15.3. The summed E-state index contributed by atoms with van der Waals surface area (Å²) >= 11 is 4.42. The zero-order valence-electron chi connectivity index (χ0n) is 17.5. The normalized spacial score (nSPS) is 24.1. The average molecular weight is 659 g/mol. The number of hydrazone groups is 1. The second kappa shape index (κ2) is 9.62. The van der Waals surface area contributed by atoms with Gasteiger partial charge in [0, 0.05) is 18.1 Å². The summed E-state index contributed by atoms with van der Waals surface area (Å²) in [7, 11) is 0. The minimum Gasteiger partial charge on any atom is -0.487 e. The molecule has 0 bridgehead atoms. The molecule has 7 nitrogen and oxygen atoms in total. The first kappa shape index (κ1) is 23.4. The van der Waals surface area contributed by atoms with E-state index in [4.69, 9.17) is 4.74 Å². The Labute approximate surface area is 213 Å². The van der Waals surface area contributed by atoms with Crippen molar-refractivity contribution in [2.24, 2.45) is 22.4 Å². The Morgan fingerprint density at radius 1 is 1.28 bits per heavy atom. The number of benzene rings is 2. The third-order valence-electron chi connectivity index (χ3n) is 6.55. The molecule has 0 aliphatic heterocycles. The summed E-state index contributed by atoms with van der Waals surface area (Å²) in [5.41, 5.74) is 4.69. The van der Waals surface area contributed by atoms with Crippen LogP contribution in [0.3, 0.4) is 0 Å². The lowest BCUT2D eigenvalue weighted by atomic mass is 9.90. The molecular weight excluding hydrogens is 636 g/mol. The van der Waals surface area contributed by atoms with E-state index in [9.17, 15) is 14.9 Å². The van der Waals surface area contributed by atoms with E-state index in [2.05, 4.69) is 62.6 Å². The predicted molar refractivity (Wildman–Crippen MR) is 139 cm³/mol. The number of halogens is 2. The van der Waals surface area contributed by atoms with Crippen molar-refractivity contribution in [1.29, 1.82) is 0 Å². The van der Waals surface area contributed by atoms with E-state index in [0.717, 1.165) is 36.9 Å². The van der Waals surface area contributed by atoms with Gasteiger partial charge in [-0.05, 0) is 105 Å². The quantitative estimate of drug-likeness (QED) is 0.180. The largest absolute Gasteiger partial charge is 0.487 e. The number of nitro groups is 1. The standard InChI is InChI=1S/C23H23I2N3O4/c1-23-9-3-2-4-17(23)20(23)22(29)27-26-12-15-10-18(24)21(19(25)11-15)32-13-14-5-7-16(8-6-14)28(30)31/h5-8,10-12,17,20H,2-4,9,13H2,1H3,(H,27,29)/b26-12-/t17-,20-,23+/m1/s1. The fourth-order valence-corrected chi connectivity index (χ4v) is 6.88. The van der Waals surface area contributed by atoms with Crippen LogP contribution in [0.15, 0.2) is 41.5 Å². The first-order valence-electron chi connectivity index (χ1n) is 10.5. The lowest BCUT2D eigenvalue weighted by Gasteiger charge is -2.15. The van der Waals surface area contributed by atoms with E-state index in [0.29, 0.717) is 12.5 Å². The maximum atomic E-state index is 12.5. The highest BCUT2D eigenvalue weighted by molar-refractivity contribution is 14.1. The molecule has 0 saturated heterocycles. The third-order valence-corrected chi connectivity index (χ3v) is 8.16. The van der Waals surface area contributed by atoms with Gasteiger partial charge >= 0.3 is 0 Å². The number of nitrogens with one attached hydrogen (secondary N) is 1. The van der Waals surface area contributed by atoms with Gasteiger partial charge in [-0.15, -0.1) is 0 Å². The number of nitrogens with zero attached hydrogens (tertiary/aromatic N) is 2. The van der Waals surface area contributed by atoms with Gasteiger partial charge in [-0.3, -0.25) is 14.9 Å². The first-order valence-corrected chi connectivity index (χ1v) is 12.6.